The molecule has 0 amide bonds. The van der Waals surface area contributed by atoms with Gasteiger partial charge in [-0.2, -0.15) is 0 Å². The number of hydrogen-bond acceptors (Lipinski definition) is 6. The summed E-state index contributed by atoms with van der Waals surface area (Å²) in [5.74, 6) is -0.589. The number of anilines is 1. The van der Waals surface area contributed by atoms with Crippen LogP contribution in [-0.2, 0) is 0 Å². The van der Waals surface area contributed by atoms with Gasteiger partial charge in [-0.25, -0.2) is 0 Å². The number of rotatable bonds is 3. The number of allylic oxidation sites excluding steroid dienone is 1. The van der Waals surface area contributed by atoms with E-state index in [0.717, 1.165) is 11.3 Å². The van der Waals surface area contributed by atoms with Gasteiger partial charge >= 0.3 is 5.69 Å². The molecule has 0 aliphatic carbocycles. The van der Waals surface area contributed by atoms with Crippen LogP contribution in [0, 0.1) is 14.9 Å². The van der Waals surface area contributed by atoms with Crippen molar-refractivity contribution in [2.45, 2.75) is 5.92 Å². The predicted octanol–water partition coefficient (Wildman–Crippen LogP) is 3.64. The molecule has 1 aromatic heterocycles. The molecule has 3 aromatic rings. The maximum atomic E-state index is 12.6. The van der Waals surface area contributed by atoms with E-state index in [9.17, 15) is 20.0 Å². The van der Waals surface area contributed by atoms with Gasteiger partial charge in [0.05, 0.1) is 10.5 Å². The van der Waals surface area contributed by atoms with Crippen molar-refractivity contribution >= 4 is 29.4 Å². The van der Waals surface area contributed by atoms with Crippen LogP contribution in [0.4, 0.5) is 11.5 Å². The van der Waals surface area contributed by atoms with Crippen molar-refractivity contribution in [3.63, 3.8) is 0 Å². The highest BCUT2D eigenvalue weighted by Crippen LogP contribution is 2.38. The van der Waals surface area contributed by atoms with Crippen molar-refractivity contribution < 1.29 is 10.0 Å². The van der Waals surface area contributed by atoms with Crippen LogP contribution in [0.1, 0.15) is 22.6 Å². The van der Waals surface area contributed by atoms with Gasteiger partial charge in [0.25, 0.3) is 5.56 Å². The number of fused-ring (bicyclic) bond motifs is 1. The summed E-state index contributed by atoms with van der Waals surface area (Å²) in [6, 6.07) is 13.5. The minimum atomic E-state index is -0.661. The van der Waals surface area contributed by atoms with Crippen LogP contribution in [0.3, 0.4) is 0 Å². The number of H-pyrrole nitrogens is 2. The number of phenols is 1. The number of benzene rings is 2. The van der Waals surface area contributed by atoms with Gasteiger partial charge < -0.3 is 15.4 Å². The Kier molecular flexibility index (Phi) is 4.28. The third-order valence-electron chi connectivity index (χ3n) is 4.52. The highest BCUT2D eigenvalue weighted by Gasteiger charge is 2.28. The highest BCUT2D eigenvalue weighted by atomic mass is 32.1. The molecule has 140 valence electrons. The first-order valence-electron chi connectivity index (χ1n) is 8.32. The van der Waals surface area contributed by atoms with E-state index in [1.165, 1.54) is 12.1 Å². The predicted molar refractivity (Wildman–Crippen MR) is 107 cm³/mol. The van der Waals surface area contributed by atoms with E-state index < -0.39 is 27.8 Å². The van der Waals surface area contributed by atoms with Crippen molar-refractivity contribution in [3.8, 4) is 5.75 Å². The van der Waals surface area contributed by atoms with Crippen LogP contribution in [0.15, 0.2) is 59.4 Å². The molecule has 2 heterocycles. The minimum absolute atomic E-state index is 0.168. The molecule has 0 fully saturated rings. The van der Waals surface area contributed by atoms with Crippen LogP contribution in [0.2, 0.25) is 0 Å². The van der Waals surface area contributed by atoms with Crippen LogP contribution >= 0.6 is 12.2 Å². The van der Waals surface area contributed by atoms with E-state index in [-0.39, 0.29) is 4.77 Å². The molecule has 1 aliphatic rings. The average Bonchev–Trinajstić information content (AvgIpc) is 2.67. The maximum absolute atomic E-state index is 12.6. The molecule has 1 unspecified atom stereocenters. The number of aromatic hydroxyl groups is 1. The zero-order valence-corrected chi connectivity index (χ0v) is 15.1. The highest BCUT2D eigenvalue weighted by molar-refractivity contribution is 7.71. The number of phenolic OH excluding ortho intramolecular Hbond substituents is 1. The van der Waals surface area contributed by atoms with E-state index in [1.54, 1.807) is 6.07 Å². The normalized spacial score (nSPS) is 15.3. The third-order valence-corrected chi connectivity index (χ3v) is 4.73. The van der Waals surface area contributed by atoms with Crippen molar-refractivity contribution in [2.75, 3.05) is 5.32 Å². The third kappa shape index (κ3) is 3.08. The van der Waals surface area contributed by atoms with Gasteiger partial charge in [0.2, 0.25) is 0 Å². The summed E-state index contributed by atoms with van der Waals surface area (Å²) in [4.78, 5) is 28.7. The Bertz CT molecular complexity index is 1230. The summed E-state index contributed by atoms with van der Waals surface area (Å²) < 4.78 is 0.168. The number of hydrogen-bond donors (Lipinski definition) is 4. The van der Waals surface area contributed by atoms with E-state index in [4.69, 9.17) is 12.2 Å². The summed E-state index contributed by atoms with van der Waals surface area (Å²) in [5.41, 5.74) is 1.64. The smallest absolute Gasteiger partial charge is 0.310 e. The fourth-order valence-corrected chi connectivity index (χ4v) is 3.44. The molecule has 1 aliphatic heterocycles. The topological polar surface area (TPSA) is 124 Å². The number of nitrogens with zero attached hydrogens (tertiary/aromatic N) is 1. The lowest BCUT2D eigenvalue weighted by molar-refractivity contribution is -0.385. The lowest BCUT2D eigenvalue weighted by Crippen LogP contribution is -2.24. The average molecular weight is 394 g/mol. The largest absolute Gasteiger partial charge is 0.502 e. The molecule has 0 spiro atoms. The van der Waals surface area contributed by atoms with Crippen molar-refractivity contribution in [2.24, 2.45) is 0 Å². The lowest BCUT2D eigenvalue weighted by atomic mass is 9.87. The maximum Gasteiger partial charge on any atom is 0.310 e. The Labute approximate surface area is 163 Å². The molecule has 0 saturated heterocycles. The zero-order chi connectivity index (χ0) is 19.8. The standard InChI is InChI=1S/C19H14N4O4S/c24-15-7-6-11(8-14(15)23(26)27)12-9-13(10-4-2-1-3-5-10)20-17-16(12)18(25)22-19(28)21-17/h1-9,12,24H,(H3,20,21,22,25,28). The Hall–Kier alpha value is -3.72. The molecule has 2 aromatic carbocycles. The second-order valence-electron chi connectivity index (χ2n) is 6.25. The Balaban J connectivity index is 1.95. The van der Waals surface area contributed by atoms with Crippen LogP contribution in [0.5, 0.6) is 5.75 Å². The molecule has 1 atom stereocenters. The summed E-state index contributed by atoms with van der Waals surface area (Å²) in [7, 11) is 0. The summed E-state index contributed by atoms with van der Waals surface area (Å²) >= 11 is 5.07. The first kappa shape index (κ1) is 17.7. The molecular weight excluding hydrogens is 380 g/mol. The van der Waals surface area contributed by atoms with Gasteiger partial charge in [-0.05, 0) is 35.5 Å². The minimum Gasteiger partial charge on any atom is -0.502 e. The Morgan fingerprint density at radius 2 is 1.86 bits per heavy atom. The Morgan fingerprint density at radius 3 is 2.57 bits per heavy atom. The first-order valence-corrected chi connectivity index (χ1v) is 8.73. The SMILES string of the molecule is O=c1[nH]c(=S)[nH]c2c1C(c1ccc(O)c([N+](=O)[O-])c1)C=C(c1ccccc1)N2. The Morgan fingerprint density at radius 1 is 1.11 bits per heavy atom. The van der Waals surface area contributed by atoms with E-state index in [0.29, 0.717) is 16.9 Å². The van der Waals surface area contributed by atoms with Gasteiger partial charge in [0.1, 0.15) is 5.82 Å². The number of nitro benzene ring substituents is 1. The summed E-state index contributed by atoms with van der Waals surface area (Å²) in [5, 5.41) is 24.2. The molecule has 4 N–H and O–H groups in total. The van der Waals surface area contributed by atoms with Gasteiger partial charge in [0.15, 0.2) is 10.5 Å². The second-order valence-corrected chi connectivity index (χ2v) is 6.66. The summed E-state index contributed by atoms with van der Waals surface area (Å²) in [6.45, 7) is 0. The van der Waals surface area contributed by atoms with Crippen molar-refractivity contribution in [1.29, 1.82) is 0 Å². The number of nitrogens with one attached hydrogen (secondary N) is 3. The van der Waals surface area contributed by atoms with Gasteiger partial charge in [0, 0.05) is 17.7 Å². The molecule has 0 bridgehead atoms. The second kappa shape index (κ2) is 6.78. The first-order chi connectivity index (χ1) is 13.4. The monoisotopic (exact) mass is 394 g/mol. The number of aromatic amines is 2. The summed E-state index contributed by atoms with van der Waals surface area (Å²) in [6.07, 6.45) is 1.82. The van der Waals surface area contributed by atoms with Crippen molar-refractivity contribution in [1.82, 2.24) is 9.97 Å². The molecule has 4 rings (SSSR count). The molecule has 0 saturated carbocycles. The molecule has 28 heavy (non-hydrogen) atoms. The van der Waals surface area contributed by atoms with Gasteiger partial charge in [-0.3, -0.25) is 19.9 Å². The molecule has 0 radical (unpaired) electrons. The van der Waals surface area contributed by atoms with Gasteiger partial charge in [-0.15, -0.1) is 0 Å². The molecule has 8 nitrogen and oxygen atoms in total. The van der Waals surface area contributed by atoms with E-state index in [2.05, 4.69) is 15.3 Å². The fourth-order valence-electron chi connectivity index (χ4n) is 3.25. The van der Waals surface area contributed by atoms with Gasteiger partial charge in [-0.1, -0.05) is 36.4 Å². The zero-order valence-electron chi connectivity index (χ0n) is 14.3. The van der Waals surface area contributed by atoms with Crippen LogP contribution < -0.4 is 10.9 Å². The lowest BCUT2D eigenvalue weighted by Gasteiger charge is -2.25. The van der Waals surface area contributed by atoms with E-state index in [1.807, 2.05) is 36.4 Å². The van der Waals surface area contributed by atoms with Crippen molar-refractivity contribution in [3.05, 3.63) is 96.5 Å². The van der Waals surface area contributed by atoms with E-state index >= 15 is 0 Å². The van der Waals surface area contributed by atoms with Crippen LogP contribution in [0.25, 0.3) is 5.70 Å². The quantitative estimate of drug-likeness (QED) is 0.305. The molecule has 9 heteroatoms. The number of aromatic nitrogens is 2. The number of nitro groups is 1. The fraction of sp³-hybridized carbons (Fsp3) is 0.0526. The van der Waals surface area contributed by atoms with Crippen LogP contribution in [-0.4, -0.2) is 20.0 Å². The molecular formula is C19H14N4O4S.